The molecule has 0 atom stereocenters. The second kappa shape index (κ2) is 8.36. The Labute approximate surface area is 162 Å². The Hall–Kier alpha value is -2.65. The zero-order chi connectivity index (χ0) is 19.4. The number of amides is 2. The number of nitrogens with zero attached hydrogens (tertiary/aromatic N) is 1. The number of rotatable bonds is 6. The molecule has 0 aliphatic carbocycles. The van der Waals surface area contributed by atoms with Crippen molar-refractivity contribution in [2.24, 2.45) is 0 Å². The van der Waals surface area contributed by atoms with E-state index >= 15 is 0 Å². The van der Waals surface area contributed by atoms with Crippen molar-refractivity contribution in [3.63, 3.8) is 0 Å². The lowest BCUT2D eigenvalue weighted by Crippen LogP contribution is -2.18. The van der Waals surface area contributed by atoms with E-state index in [1.165, 1.54) is 41.7 Å². The van der Waals surface area contributed by atoms with Crippen LogP contribution in [0.1, 0.15) is 31.9 Å². The Balaban J connectivity index is 1.61. The summed E-state index contributed by atoms with van der Waals surface area (Å²) in [6, 6.07) is 6.90. The second-order valence-electron chi connectivity index (χ2n) is 5.67. The van der Waals surface area contributed by atoms with Gasteiger partial charge in [-0.2, -0.15) is 0 Å². The Morgan fingerprint density at radius 1 is 1.11 bits per heavy atom. The van der Waals surface area contributed by atoms with E-state index in [0.717, 1.165) is 15.8 Å². The normalized spacial score (nSPS) is 10.6. The standard InChI is InChI=1S/C18H15F2N3O2S2/c1-10(24)21-8-13-4-5-16(26-13)17(25)23-18-22-9-14(27-18)6-11-2-3-12(19)7-15(11)20/h2-5,7,9H,6,8H2,1H3,(H,21,24)(H,22,23,25). The molecule has 5 nitrogen and oxygen atoms in total. The lowest BCUT2D eigenvalue weighted by molar-refractivity contribution is -0.119. The fraction of sp³-hybridized carbons (Fsp3) is 0.167. The van der Waals surface area contributed by atoms with Crippen LogP contribution in [0.15, 0.2) is 36.5 Å². The molecule has 27 heavy (non-hydrogen) atoms. The molecule has 2 N–H and O–H groups in total. The molecule has 0 aliphatic rings. The number of carbonyl (C=O) groups excluding carboxylic acids is 2. The van der Waals surface area contributed by atoms with Gasteiger partial charge >= 0.3 is 0 Å². The summed E-state index contributed by atoms with van der Waals surface area (Å²) in [7, 11) is 0. The first-order chi connectivity index (χ1) is 12.9. The summed E-state index contributed by atoms with van der Waals surface area (Å²) < 4.78 is 26.7. The zero-order valence-electron chi connectivity index (χ0n) is 14.2. The summed E-state index contributed by atoms with van der Waals surface area (Å²) in [4.78, 5) is 29.5. The summed E-state index contributed by atoms with van der Waals surface area (Å²) in [5, 5.41) is 5.78. The summed E-state index contributed by atoms with van der Waals surface area (Å²) in [6.07, 6.45) is 1.82. The summed E-state index contributed by atoms with van der Waals surface area (Å²) in [5.41, 5.74) is 0.360. The minimum atomic E-state index is -0.623. The van der Waals surface area contributed by atoms with E-state index < -0.39 is 11.6 Å². The van der Waals surface area contributed by atoms with Crippen molar-refractivity contribution in [2.45, 2.75) is 19.9 Å². The summed E-state index contributed by atoms with van der Waals surface area (Å²) in [6.45, 7) is 1.80. The first-order valence-electron chi connectivity index (χ1n) is 7.94. The van der Waals surface area contributed by atoms with Crippen molar-refractivity contribution in [3.05, 3.63) is 68.4 Å². The SMILES string of the molecule is CC(=O)NCc1ccc(C(=O)Nc2ncc(Cc3ccc(F)cc3F)s2)s1. The molecule has 9 heteroatoms. The first kappa shape index (κ1) is 19.1. The van der Waals surface area contributed by atoms with Crippen LogP contribution in [0.4, 0.5) is 13.9 Å². The van der Waals surface area contributed by atoms with Crippen LogP contribution < -0.4 is 10.6 Å². The van der Waals surface area contributed by atoms with Crippen LogP contribution in [0.25, 0.3) is 0 Å². The summed E-state index contributed by atoms with van der Waals surface area (Å²) in [5.74, 6) is -1.67. The third kappa shape index (κ3) is 5.18. The molecule has 2 amide bonds. The van der Waals surface area contributed by atoms with Crippen LogP contribution in [0.5, 0.6) is 0 Å². The molecule has 0 aliphatic heterocycles. The van der Waals surface area contributed by atoms with Gasteiger partial charge in [-0.05, 0) is 23.8 Å². The Kier molecular flexibility index (Phi) is 5.92. The van der Waals surface area contributed by atoms with E-state index in [1.54, 1.807) is 18.3 Å². The van der Waals surface area contributed by atoms with Gasteiger partial charge in [-0.3, -0.25) is 14.9 Å². The van der Waals surface area contributed by atoms with Crippen molar-refractivity contribution >= 4 is 39.6 Å². The minimum Gasteiger partial charge on any atom is -0.351 e. The van der Waals surface area contributed by atoms with Gasteiger partial charge in [0.2, 0.25) is 5.91 Å². The van der Waals surface area contributed by atoms with Crippen LogP contribution in [-0.4, -0.2) is 16.8 Å². The molecule has 0 spiro atoms. The molecule has 3 aromatic rings. The fourth-order valence-corrected chi connectivity index (χ4v) is 3.94. The largest absolute Gasteiger partial charge is 0.351 e. The molecule has 0 bridgehead atoms. The Morgan fingerprint density at radius 3 is 2.67 bits per heavy atom. The number of thiazole rings is 1. The number of thiophene rings is 1. The van der Waals surface area contributed by atoms with Crippen molar-refractivity contribution in [2.75, 3.05) is 5.32 Å². The average Bonchev–Trinajstić information content (AvgIpc) is 3.25. The molecule has 2 heterocycles. The molecule has 140 valence electrons. The number of aromatic nitrogens is 1. The first-order valence-corrected chi connectivity index (χ1v) is 9.57. The number of carbonyl (C=O) groups is 2. The molecule has 0 saturated heterocycles. The molecular formula is C18H15F2N3O2S2. The number of anilines is 1. The minimum absolute atomic E-state index is 0.137. The maximum Gasteiger partial charge on any atom is 0.267 e. The topological polar surface area (TPSA) is 71.1 Å². The maximum atomic E-state index is 13.7. The van der Waals surface area contributed by atoms with Crippen molar-refractivity contribution in [1.82, 2.24) is 10.3 Å². The van der Waals surface area contributed by atoms with Gasteiger partial charge in [0.15, 0.2) is 5.13 Å². The predicted molar refractivity (Wildman–Crippen MR) is 101 cm³/mol. The van der Waals surface area contributed by atoms with Crippen LogP contribution >= 0.6 is 22.7 Å². The second-order valence-corrected chi connectivity index (χ2v) is 7.96. The highest BCUT2D eigenvalue weighted by atomic mass is 32.1. The number of hydrogen-bond acceptors (Lipinski definition) is 5. The highest BCUT2D eigenvalue weighted by molar-refractivity contribution is 7.16. The van der Waals surface area contributed by atoms with E-state index in [0.29, 0.717) is 22.1 Å². The zero-order valence-corrected chi connectivity index (χ0v) is 15.8. The smallest absolute Gasteiger partial charge is 0.267 e. The van der Waals surface area contributed by atoms with Gasteiger partial charge in [-0.1, -0.05) is 6.07 Å². The van der Waals surface area contributed by atoms with Crippen LogP contribution in [0.3, 0.4) is 0 Å². The van der Waals surface area contributed by atoms with Gasteiger partial charge in [-0.25, -0.2) is 13.8 Å². The third-order valence-electron chi connectivity index (χ3n) is 3.55. The monoisotopic (exact) mass is 407 g/mol. The molecule has 1 aromatic carbocycles. The van der Waals surface area contributed by atoms with Crippen molar-refractivity contribution in [3.8, 4) is 0 Å². The van der Waals surface area contributed by atoms with Gasteiger partial charge in [-0.15, -0.1) is 22.7 Å². The fourth-order valence-electron chi connectivity index (χ4n) is 2.27. The number of benzene rings is 1. The molecule has 2 aromatic heterocycles. The van der Waals surface area contributed by atoms with Crippen LogP contribution in [0, 0.1) is 11.6 Å². The van der Waals surface area contributed by atoms with Gasteiger partial charge in [0.1, 0.15) is 11.6 Å². The van der Waals surface area contributed by atoms with Gasteiger partial charge in [0, 0.05) is 35.4 Å². The number of halogens is 2. The van der Waals surface area contributed by atoms with Crippen LogP contribution in [0.2, 0.25) is 0 Å². The molecule has 0 radical (unpaired) electrons. The average molecular weight is 407 g/mol. The van der Waals surface area contributed by atoms with E-state index in [-0.39, 0.29) is 18.2 Å². The number of nitrogens with one attached hydrogen (secondary N) is 2. The lowest BCUT2D eigenvalue weighted by atomic mass is 10.1. The number of hydrogen-bond donors (Lipinski definition) is 2. The highest BCUT2D eigenvalue weighted by Gasteiger charge is 2.13. The van der Waals surface area contributed by atoms with E-state index in [4.69, 9.17) is 0 Å². The van der Waals surface area contributed by atoms with E-state index in [1.807, 2.05) is 0 Å². The quantitative estimate of drug-likeness (QED) is 0.650. The van der Waals surface area contributed by atoms with Gasteiger partial charge in [0.05, 0.1) is 11.4 Å². The van der Waals surface area contributed by atoms with Gasteiger partial charge < -0.3 is 5.32 Å². The van der Waals surface area contributed by atoms with Crippen molar-refractivity contribution < 1.29 is 18.4 Å². The lowest BCUT2D eigenvalue weighted by Gasteiger charge is -2.01. The molecule has 0 unspecified atom stereocenters. The highest BCUT2D eigenvalue weighted by Crippen LogP contribution is 2.24. The predicted octanol–water partition coefficient (Wildman–Crippen LogP) is 3.96. The van der Waals surface area contributed by atoms with Gasteiger partial charge in [0.25, 0.3) is 5.91 Å². The molecule has 3 rings (SSSR count). The van der Waals surface area contributed by atoms with Crippen LogP contribution in [-0.2, 0) is 17.8 Å². The molecule has 0 fully saturated rings. The maximum absolute atomic E-state index is 13.7. The van der Waals surface area contributed by atoms with E-state index in [2.05, 4.69) is 15.6 Å². The summed E-state index contributed by atoms with van der Waals surface area (Å²) >= 11 is 2.51. The molecule has 0 saturated carbocycles. The van der Waals surface area contributed by atoms with E-state index in [9.17, 15) is 18.4 Å². The molecular weight excluding hydrogens is 392 g/mol. The Bertz CT molecular complexity index is 985. The van der Waals surface area contributed by atoms with Crippen molar-refractivity contribution in [1.29, 1.82) is 0 Å². The Morgan fingerprint density at radius 2 is 1.93 bits per heavy atom. The third-order valence-corrected chi connectivity index (χ3v) is 5.55.